The third kappa shape index (κ3) is 2.71. The molecular weight excluding hydrogens is 234 g/mol. The van der Waals surface area contributed by atoms with Crippen molar-refractivity contribution in [3.05, 3.63) is 48.0 Å². The van der Waals surface area contributed by atoms with Crippen molar-refractivity contribution in [1.29, 1.82) is 0 Å². The Balaban J connectivity index is 1.71. The Kier molecular flexibility index (Phi) is 3.38. The van der Waals surface area contributed by atoms with Gasteiger partial charge in [-0.2, -0.15) is 0 Å². The molecule has 0 amide bonds. The van der Waals surface area contributed by atoms with Gasteiger partial charge in [-0.25, -0.2) is 4.98 Å². The summed E-state index contributed by atoms with van der Waals surface area (Å²) in [7, 11) is 0. The summed E-state index contributed by atoms with van der Waals surface area (Å²) in [5, 5.41) is 3.56. The van der Waals surface area contributed by atoms with E-state index in [0.29, 0.717) is 0 Å². The van der Waals surface area contributed by atoms with Gasteiger partial charge in [-0.15, -0.1) is 0 Å². The largest absolute Gasteiger partial charge is 0.311 e. The highest BCUT2D eigenvalue weighted by Crippen LogP contribution is 2.36. The smallest absolute Gasteiger partial charge is 0.110 e. The lowest BCUT2D eigenvalue weighted by molar-refractivity contribution is 0.600. The molecule has 1 fully saturated rings. The maximum absolute atomic E-state index is 4.44. The normalized spacial score (nSPS) is 21.6. The van der Waals surface area contributed by atoms with Crippen LogP contribution in [0.25, 0.3) is 5.69 Å². The number of nitrogens with zero attached hydrogens (tertiary/aromatic N) is 2. The fourth-order valence-electron chi connectivity index (χ4n) is 2.61. The number of rotatable bonds is 5. The molecule has 0 saturated heterocycles. The Morgan fingerprint density at radius 2 is 2.05 bits per heavy atom. The lowest BCUT2D eigenvalue weighted by atomic mass is 10.3. The van der Waals surface area contributed by atoms with Crippen molar-refractivity contribution in [3.8, 4) is 5.69 Å². The van der Waals surface area contributed by atoms with E-state index in [-0.39, 0.29) is 0 Å². The summed E-state index contributed by atoms with van der Waals surface area (Å²) < 4.78 is 2.23. The van der Waals surface area contributed by atoms with E-state index in [4.69, 9.17) is 0 Å². The van der Waals surface area contributed by atoms with Crippen LogP contribution < -0.4 is 5.32 Å². The van der Waals surface area contributed by atoms with Crippen LogP contribution in [0.5, 0.6) is 0 Å². The van der Waals surface area contributed by atoms with Crippen LogP contribution in [0, 0.1) is 18.8 Å². The summed E-state index contributed by atoms with van der Waals surface area (Å²) in [6.07, 6.45) is 3.36. The van der Waals surface area contributed by atoms with Crippen LogP contribution in [-0.2, 0) is 6.54 Å². The number of aryl methyl sites for hydroxylation is 1. The number of benzene rings is 1. The molecule has 0 radical (unpaired) electrons. The number of hydrogen-bond donors (Lipinski definition) is 1. The molecule has 3 nitrogen and oxygen atoms in total. The molecule has 2 atom stereocenters. The molecule has 1 aromatic heterocycles. The minimum Gasteiger partial charge on any atom is -0.311 e. The number of aromatic nitrogens is 2. The Morgan fingerprint density at radius 1 is 1.32 bits per heavy atom. The summed E-state index contributed by atoms with van der Waals surface area (Å²) in [6, 6.07) is 10.4. The van der Waals surface area contributed by atoms with E-state index < -0.39 is 0 Å². The van der Waals surface area contributed by atoms with Gasteiger partial charge in [0.25, 0.3) is 0 Å². The van der Waals surface area contributed by atoms with Gasteiger partial charge < -0.3 is 5.32 Å². The Bertz CT molecular complexity index is 544. The predicted octanol–water partition coefficient (Wildman–Crippen LogP) is 2.93. The van der Waals surface area contributed by atoms with E-state index in [0.717, 1.165) is 30.7 Å². The topological polar surface area (TPSA) is 29.9 Å². The van der Waals surface area contributed by atoms with Gasteiger partial charge in [0, 0.05) is 12.2 Å². The highest BCUT2D eigenvalue weighted by molar-refractivity contribution is 5.35. The average molecular weight is 255 g/mol. The summed E-state index contributed by atoms with van der Waals surface area (Å²) in [6.45, 7) is 6.39. The second kappa shape index (κ2) is 5.17. The van der Waals surface area contributed by atoms with Gasteiger partial charge in [0.15, 0.2) is 0 Å². The second-order valence-electron chi connectivity index (χ2n) is 5.57. The van der Waals surface area contributed by atoms with E-state index in [1.807, 2.05) is 12.3 Å². The maximum atomic E-state index is 4.44. The molecule has 1 aliphatic rings. The van der Waals surface area contributed by atoms with Crippen LogP contribution >= 0.6 is 0 Å². The highest BCUT2D eigenvalue weighted by Gasteiger charge is 2.31. The molecule has 1 aromatic carbocycles. The number of para-hydroxylation sites is 1. The second-order valence-corrected chi connectivity index (χ2v) is 5.57. The van der Waals surface area contributed by atoms with Crippen LogP contribution in [0.3, 0.4) is 0 Å². The Morgan fingerprint density at radius 3 is 2.74 bits per heavy atom. The van der Waals surface area contributed by atoms with Crippen molar-refractivity contribution in [1.82, 2.24) is 14.9 Å². The number of imidazole rings is 1. The molecule has 1 heterocycles. The molecule has 2 aromatic rings. The van der Waals surface area contributed by atoms with Crippen molar-refractivity contribution in [3.63, 3.8) is 0 Å². The molecule has 1 N–H and O–H groups in total. The lowest BCUT2D eigenvalue weighted by Crippen LogP contribution is -2.19. The lowest BCUT2D eigenvalue weighted by Gasteiger charge is -2.11. The van der Waals surface area contributed by atoms with Gasteiger partial charge in [0.05, 0.1) is 11.9 Å². The van der Waals surface area contributed by atoms with Gasteiger partial charge >= 0.3 is 0 Å². The van der Waals surface area contributed by atoms with Crippen molar-refractivity contribution in [2.75, 3.05) is 6.54 Å². The summed E-state index contributed by atoms with van der Waals surface area (Å²) >= 11 is 0. The zero-order valence-electron chi connectivity index (χ0n) is 11.6. The number of hydrogen-bond acceptors (Lipinski definition) is 2. The molecule has 0 spiro atoms. The average Bonchev–Trinajstić information content (AvgIpc) is 2.99. The van der Waals surface area contributed by atoms with Crippen LogP contribution in [0.2, 0.25) is 0 Å². The SMILES string of the molecule is Cc1ncc(CNCC2CC2C)n1-c1ccccc1. The molecule has 19 heavy (non-hydrogen) atoms. The van der Waals surface area contributed by atoms with E-state index in [1.165, 1.54) is 17.8 Å². The first-order valence-electron chi connectivity index (χ1n) is 7.05. The Labute approximate surface area is 114 Å². The van der Waals surface area contributed by atoms with Gasteiger partial charge in [-0.1, -0.05) is 25.1 Å². The van der Waals surface area contributed by atoms with Crippen LogP contribution in [0.1, 0.15) is 24.9 Å². The first-order valence-corrected chi connectivity index (χ1v) is 7.05. The van der Waals surface area contributed by atoms with Gasteiger partial charge in [0.2, 0.25) is 0 Å². The third-order valence-electron chi connectivity index (χ3n) is 4.01. The molecule has 1 saturated carbocycles. The molecule has 0 bridgehead atoms. The van der Waals surface area contributed by atoms with Crippen LogP contribution in [-0.4, -0.2) is 16.1 Å². The van der Waals surface area contributed by atoms with Crippen molar-refractivity contribution in [2.45, 2.75) is 26.8 Å². The fourth-order valence-corrected chi connectivity index (χ4v) is 2.61. The minimum atomic E-state index is 0.884. The summed E-state index contributed by atoms with van der Waals surface area (Å²) in [5.41, 5.74) is 2.42. The van der Waals surface area contributed by atoms with Gasteiger partial charge in [-0.05, 0) is 43.9 Å². The maximum Gasteiger partial charge on any atom is 0.110 e. The predicted molar refractivity (Wildman–Crippen MR) is 77.3 cm³/mol. The molecule has 1 aliphatic carbocycles. The zero-order chi connectivity index (χ0) is 13.2. The standard InChI is InChI=1S/C16H21N3/c1-12-8-14(12)9-17-10-16-11-18-13(2)19(16)15-6-4-3-5-7-15/h3-7,11-12,14,17H,8-10H2,1-2H3. The van der Waals surface area contributed by atoms with Crippen LogP contribution in [0.15, 0.2) is 36.5 Å². The molecular formula is C16H21N3. The first-order chi connectivity index (χ1) is 9.25. The molecule has 100 valence electrons. The zero-order valence-corrected chi connectivity index (χ0v) is 11.6. The van der Waals surface area contributed by atoms with E-state index in [9.17, 15) is 0 Å². The van der Waals surface area contributed by atoms with Crippen molar-refractivity contribution < 1.29 is 0 Å². The van der Waals surface area contributed by atoms with Gasteiger partial charge in [-0.3, -0.25) is 4.57 Å². The summed E-state index contributed by atoms with van der Waals surface area (Å²) in [4.78, 5) is 4.44. The molecule has 0 aliphatic heterocycles. The van der Waals surface area contributed by atoms with Gasteiger partial charge in [0.1, 0.15) is 5.82 Å². The summed E-state index contributed by atoms with van der Waals surface area (Å²) in [5.74, 6) is 2.84. The monoisotopic (exact) mass is 255 g/mol. The highest BCUT2D eigenvalue weighted by atomic mass is 15.1. The molecule has 2 unspecified atom stereocenters. The first kappa shape index (κ1) is 12.4. The van der Waals surface area contributed by atoms with E-state index >= 15 is 0 Å². The third-order valence-corrected chi connectivity index (χ3v) is 4.01. The van der Waals surface area contributed by atoms with Crippen molar-refractivity contribution in [2.24, 2.45) is 11.8 Å². The quantitative estimate of drug-likeness (QED) is 0.890. The minimum absolute atomic E-state index is 0.884. The molecule has 3 rings (SSSR count). The van der Waals surface area contributed by atoms with Crippen LogP contribution in [0.4, 0.5) is 0 Å². The van der Waals surface area contributed by atoms with E-state index in [2.05, 4.69) is 53.0 Å². The fraction of sp³-hybridized carbons (Fsp3) is 0.438. The van der Waals surface area contributed by atoms with Crippen molar-refractivity contribution >= 4 is 0 Å². The number of nitrogens with one attached hydrogen (secondary N) is 1. The Hall–Kier alpha value is -1.61. The van der Waals surface area contributed by atoms with E-state index in [1.54, 1.807) is 0 Å². The molecule has 3 heteroatoms.